The fourth-order valence-electron chi connectivity index (χ4n) is 2.99. The van der Waals surface area contributed by atoms with Gasteiger partial charge in [0.05, 0.1) is 14.2 Å². The van der Waals surface area contributed by atoms with Gasteiger partial charge < -0.3 is 4.43 Å². The molecule has 0 unspecified atom stereocenters. The van der Waals surface area contributed by atoms with Gasteiger partial charge in [-0.15, -0.1) is 0 Å². The summed E-state index contributed by atoms with van der Waals surface area (Å²) in [6, 6.07) is 9.30. The first-order valence-corrected chi connectivity index (χ1v) is 14.1. The predicted octanol–water partition coefficient (Wildman–Crippen LogP) is 6.26. The molecule has 0 aromatic carbocycles. The maximum Gasteiger partial charge on any atom is 0.264 e. The average Bonchev–Trinajstić information content (AvgIpc) is 2.52. The molecule has 0 saturated heterocycles. The molecule has 0 aliphatic carbocycles. The lowest BCUT2D eigenvalue weighted by Crippen LogP contribution is -2.33. The molecule has 0 aliphatic rings. The molecule has 0 saturated carbocycles. The largest absolute Gasteiger partial charge is 0.500 e. The minimum atomic E-state index is -1.50. The van der Waals surface area contributed by atoms with Gasteiger partial charge in [0.1, 0.15) is 0 Å². The number of hydrogen-bond donors (Lipinski definition) is 0. The van der Waals surface area contributed by atoms with Crippen molar-refractivity contribution in [3.05, 3.63) is 0 Å². The van der Waals surface area contributed by atoms with Crippen molar-refractivity contribution < 1.29 is 4.43 Å². The molecule has 3 heteroatoms. The molecule has 0 rings (SSSR count). The SMILES string of the molecule is CC[Si](CC)(CC)CCCC#CO[Si](CC)(CC)CC. The van der Waals surface area contributed by atoms with Gasteiger partial charge in [-0.05, 0) is 24.6 Å². The van der Waals surface area contributed by atoms with Gasteiger partial charge in [0.15, 0.2) is 0 Å². The first-order chi connectivity index (χ1) is 9.57. The Bertz CT molecular complexity index is 279. The van der Waals surface area contributed by atoms with Gasteiger partial charge in [-0.25, -0.2) is 0 Å². The van der Waals surface area contributed by atoms with Crippen molar-refractivity contribution >= 4 is 16.4 Å². The molecule has 20 heavy (non-hydrogen) atoms. The summed E-state index contributed by atoms with van der Waals surface area (Å²) in [5.41, 5.74) is 0. The van der Waals surface area contributed by atoms with E-state index in [4.69, 9.17) is 4.43 Å². The molecule has 0 radical (unpaired) electrons. The molecule has 0 atom stereocenters. The molecule has 0 heterocycles. The van der Waals surface area contributed by atoms with Crippen LogP contribution in [0, 0.1) is 12.0 Å². The normalized spacial score (nSPS) is 11.9. The molecular weight excluding hydrogens is 276 g/mol. The van der Waals surface area contributed by atoms with Crippen LogP contribution in [0.15, 0.2) is 0 Å². The van der Waals surface area contributed by atoms with Crippen molar-refractivity contribution in [2.75, 3.05) is 0 Å². The zero-order chi connectivity index (χ0) is 15.5. The summed E-state index contributed by atoms with van der Waals surface area (Å²) >= 11 is 0. The number of hydrogen-bond acceptors (Lipinski definition) is 1. The maximum atomic E-state index is 5.98. The Kier molecular flexibility index (Phi) is 10.4. The Morgan fingerprint density at radius 3 is 1.65 bits per heavy atom. The summed E-state index contributed by atoms with van der Waals surface area (Å²) in [6.07, 6.45) is 5.35. The van der Waals surface area contributed by atoms with E-state index < -0.39 is 16.4 Å². The lowest BCUT2D eigenvalue weighted by atomic mass is 10.3. The minimum absolute atomic E-state index is 0.935. The topological polar surface area (TPSA) is 9.23 Å². The molecule has 0 fully saturated rings. The van der Waals surface area contributed by atoms with E-state index in [-0.39, 0.29) is 0 Å². The molecule has 0 bridgehead atoms. The van der Waals surface area contributed by atoms with E-state index in [1.807, 2.05) is 0 Å². The van der Waals surface area contributed by atoms with Crippen LogP contribution in [0.2, 0.25) is 42.3 Å². The highest BCUT2D eigenvalue weighted by atomic mass is 28.4. The summed E-state index contributed by atoms with van der Waals surface area (Å²) < 4.78 is 5.98. The van der Waals surface area contributed by atoms with Gasteiger partial charge in [-0.3, -0.25) is 0 Å². The maximum absolute atomic E-state index is 5.98. The van der Waals surface area contributed by atoms with Crippen LogP contribution >= 0.6 is 0 Å². The van der Waals surface area contributed by atoms with Crippen molar-refractivity contribution in [1.82, 2.24) is 0 Å². The first kappa shape index (κ1) is 19.8. The van der Waals surface area contributed by atoms with Crippen LogP contribution in [0.3, 0.4) is 0 Å². The molecule has 0 N–H and O–H groups in total. The van der Waals surface area contributed by atoms with Crippen LogP contribution in [-0.2, 0) is 4.43 Å². The molecule has 1 nitrogen and oxygen atoms in total. The molecule has 0 spiro atoms. The second kappa shape index (κ2) is 10.5. The zero-order valence-corrected chi connectivity index (χ0v) is 16.8. The highest BCUT2D eigenvalue weighted by Crippen LogP contribution is 2.27. The lowest BCUT2D eigenvalue weighted by molar-refractivity contribution is 0.494. The molecule has 118 valence electrons. The third kappa shape index (κ3) is 6.05. The van der Waals surface area contributed by atoms with Gasteiger partial charge in [0, 0.05) is 6.42 Å². The third-order valence-corrected chi connectivity index (χ3v) is 15.8. The highest BCUT2D eigenvalue weighted by Gasteiger charge is 2.30. The molecule has 0 amide bonds. The van der Waals surface area contributed by atoms with Crippen molar-refractivity contribution in [3.63, 3.8) is 0 Å². The van der Waals surface area contributed by atoms with Crippen LogP contribution in [0.4, 0.5) is 0 Å². The van der Waals surface area contributed by atoms with Crippen LogP contribution in [0.25, 0.3) is 0 Å². The van der Waals surface area contributed by atoms with Gasteiger partial charge in [0.2, 0.25) is 0 Å². The zero-order valence-electron chi connectivity index (χ0n) is 14.8. The van der Waals surface area contributed by atoms with Gasteiger partial charge >= 0.3 is 0 Å². The van der Waals surface area contributed by atoms with Crippen LogP contribution in [-0.4, -0.2) is 16.4 Å². The van der Waals surface area contributed by atoms with E-state index in [1.165, 1.54) is 48.7 Å². The highest BCUT2D eigenvalue weighted by molar-refractivity contribution is 6.79. The Hall–Kier alpha value is -0.206. The van der Waals surface area contributed by atoms with Crippen LogP contribution in [0.5, 0.6) is 0 Å². The second-order valence-electron chi connectivity index (χ2n) is 6.04. The summed E-state index contributed by atoms with van der Waals surface area (Å²) in [4.78, 5) is 0. The van der Waals surface area contributed by atoms with Crippen LogP contribution < -0.4 is 0 Å². The molecule has 0 aliphatic heterocycles. The van der Waals surface area contributed by atoms with E-state index in [9.17, 15) is 0 Å². The average molecular weight is 313 g/mol. The second-order valence-corrected chi connectivity index (χ2v) is 16.4. The van der Waals surface area contributed by atoms with Crippen LogP contribution in [0.1, 0.15) is 54.4 Å². The number of unbranched alkanes of at least 4 members (excludes halogenated alkanes) is 1. The lowest BCUT2D eigenvalue weighted by Gasteiger charge is -2.27. The fourth-order valence-corrected chi connectivity index (χ4v) is 8.70. The monoisotopic (exact) mass is 312 g/mol. The minimum Gasteiger partial charge on any atom is -0.500 e. The van der Waals surface area contributed by atoms with Crippen molar-refractivity contribution in [2.45, 2.75) is 96.7 Å². The van der Waals surface area contributed by atoms with Crippen molar-refractivity contribution in [2.24, 2.45) is 0 Å². The third-order valence-electron chi connectivity index (χ3n) is 5.53. The van der Waals surface area contributed by atoms with Crippen molar-refractivity contribution in [1.29, 1.82) is 0 Å². The summed E-state index contributed by atoms with van der Waals surface area (Å²) in [5.74, 6) is 3.27. The van der Waals surface area contributed by atoms with E-state index in [2.05, 4.69) is 53.6 Å². The van der Waals surface area contributed by atoms with Crippen molar-refractivity contribution in [3.8, 4) is 12.0 Å². The Morgan fingerprint density at radius 2 is 1.25 bits per heavy atom. The number of rotatable bonds is 10. The smallest absolute Gasteiger partial charge is 0.264 e. The molecular formula is C17H36OSi2. The van der Waals surface area contributed by atoms with E-state index in [0.29, 0.717) is 0 Å². The van der Waals surface area contributed by atoms with E-state index in [1.54, 1.807) is 0 Å². The Labute approximate surface area is 130 Å². The summed E-state index contributed by atoms with van der Waals surface area (Å²) in [7, 11) is -2.43. The quantitative estimate of drug-likeness (QED) is 0.263. The molecule has 0 aromatic heterocycles. The van der Waals surface area contributed by atoms with E-state index >= 15 is 0 Å². The van der Waals surface area contributed by atoms with Gasteiger partial charge in [0.25, 0.3) is 8.32 Å². The Morgan fingerprint density at radius 1 is 0.750 bits per heavy atom. The standard InChI is InChI=1S/C17H36OSi2/c1-7-19(8-2,9-3)17-15-13-14-16-18-20(10-4,11-5)12-6/h7-13,15,17H2,1-6H3. The summed E-state index contributed by atoms with van der Waals surface area (Å²) in [5, 5.41) is 0. The first-order valence-electron chi connectivity index (χ1n) is 8.73. The molecule has 0 aromatic rings. The van der Waals surface area contributed by atoms with Gasteiger partial charge in [-0.1, -0.05) is 71.6 Å². The van der Waals surface area contributed by atoms with E-state index in [0.717, 1.165) is 6.42 Å². The van der Waals surface area contributed by atoms with Gasteiger partial charge in [-0.2, -0.15) is 0 Å². The predicted molar refractivity (Wildman–Crippen MR) is 97.3 cm³/mol. The summed E-state index contributed by atoms with van der Waals surface area (Å²) in [6.45, 7) is 13.9. The Balaban J connectivity index is 4.17. The fraction of sp³-hybridized carbons (Fsp3) is 0.882.